The molecule has 0 radical (unpaired) electrons. The Morgan fingerprint density at radius 1 is 1.18 bits per heavy atom. The second-order valence-corrected chi connectivity index (χ2v) is 8.32. The lowest BCUT2D eigenvalue weighted by atomic mass is 10.0. The Kier molecular flexibility index (Phi) is 5.81. The molecule has 2 aromatic carbocycles. The topological polar surface area (TPSA) is 118 Å². The first-order valence-electron chi connectivity index (χ1n) is 11.1. The molecule has 0 saturated carbocycles. The number of fused-ring (bicyclic) bond motifs is 1. The lowest BCUT2D eigenvalue weighted by Gasteiger charge is -2.29. The molecular weight excluding hydrogens is 436 g/mol. The summed E-state index contributed by atoms with van der Waals surface area (Å²) in [5, 5.41) is 13.9. The van der Waals surface area contributed by atoms with E-state index in [-0.39, 0.29) is 24.8 Å². The smallest absolute Gasteiger partial charge is 0.255 e. The van der Waals surface area contributed by atoms with Crippen LogP contribution in [-0.2, 0) is 29.3 Å². The summed E-state index contributed by atoms with van der Waals surface area (Å²) in [5.41, 5.74) is 3.84. The summed E-state index contributed by atoms with van der Waals surface area (Å²) in [6.45, 7) is 1.28. The third kappa shape index (κ3) is 4.15. The highest BCUT2D eigenvalue weighted by Gasteiger charge is 2.39. The minimum absolute atomic E-state index is 0.205. The van der Waals surface area contributed by atoms with E-state index < -0.39 is 11.9 Å². The molecule has 0 aliphatic carbocycles. The number of hydrogen-bond donors (Lipinski definition) is 2. The van der Waals surface area contributed by atoms with Gasteiger partial charge in [-0.15, -0.1) is 5.10 Å². The zero-order valence-electron chi connectivity index (χ0n) is 18.7. The summed E-state index contributed by atoms with van der Waals surface area (Å²) >= 11 is 0. The van der Waals surface area contributed by atoms with Crippen LogP contribution >= 0.6 is 0 Å². The molecule has 0 spiro atoms. The molecule has 2 aliphatic rings. The van der Waals surface area contributed by atoms with E-state index >= 15 is 0 Å². The van der Waals surface area contributed by atoms with Crippen LogP contribution in [0.25, 0.3) is 5.69 Å². The van der Waals surface area contributed by atoms with Gasteiger partial charge in [-0.05, 0) is 43.3 Å². The number of ether oxygens (including phenoxy) is 1. The van der Waals surface area contributed by atoms with Gasteiger partial charge < -0.3 is 15.0 Å². The van der Waals surface area contributed by atoms with E-state index in [9.17, 15) is 14.4 Å². The average Bonchev–Trinajstić information content (AvgIpc) is 3.43. The van der Waals surface area contributed by atoms with Crippen molar-refractivity contribution >= 4 is 17.7 Å². The van der Waals surface area contributed by atoms with Gasteiger partial charge in [-0.1, -0.05) is 23.4 Å². The third-order valence-corrected chi connectivity index (χ3v) is 6.03. The Balaban J connectivity index is 1.29. The summed E-state index contributed by atoms with van der Waals surface area (Å²) < 4.78 is 7.58. The number of aromatic nitrogens is 3. The van der Waals surface area contributed by atoms with Gasteiger partial charge in [0.05, 0.1) is 11.9 Å². The van der Waals surface area contributed by atoms with Crippen molar-refractivity contribution in [2.24, 2.45) is 0 Å². The van der Waals surface area contributed by atoms with E-state index in [0.717, 1.165) is 22.6 Å². The number of carbonyl (C=O) groups is 3. The van der Waals surface area contributed by atoms with Gasteiger partial charge >= 0.3 is 0 Å². The molecule has 3 aromatic rings. The van der Waals surface area contributed by atoms with Crippen LogP contribution in [-0.4, -0.2) is 50.7 Å². The van der Waals surface area contributed by atoms with Gasteiger partial charge in [0.2, 0.25) is 11.8 Å². The maximum absolute atomic E-state index is 12.9. The summed E-state index contributed by atoms with van der Waals surface area (Å²) in [5.74, 6) is -0.140. The van der Waals surface area contributed by atoms with Crippen molar-refractivity contribution in [3.8, 4) is 11.4 Å². The first kappa shape index (κ1) is 21.8. The standard InChI is InChI=1S/C24H24N6O4/c1-25-11-15-4-2-3-5-21(15)34-14-17-13-30(28-27-17)18-6-7-19-16(10-18)12-29(24(19)33)20-8-9-22(31)26-23(20)32/h2-7,10,13,20,25H,8-9,11-12,14H2,1H3,(H,26,31,32). The van der Waals surface area contributed by atoms with Crippen LogP contribution in [0.15, 0.2) is 48.7 Å². The normalized spacial score (nSPS) is 17.6. The fourth-order valence-corrected chi connectivity index (χ4v) is 4.33. The van der Waals surface area contributed by atoms with Crippen molar-refractivity contribution in [2.45, 2.75) is 38.6 Å². The summed E-state index contributed by atoms with van der Waals surface area (Å²) in [6.07, 6.45) is 2.35. The average molecular weight is 460 g/mol. The van der Waals surface area contributed by atoms with Crippen LogP contribution in [0.4, 0.5) is 0 Å². The molecule has 1 fully saturated rings. The first-order valence-corrected chi connectivity index (χ1v) is 11.1. The number of amides is 3. The molecule has 1 saturated heterocycles. The zero-order valence-corrected chi connectivity index (χ0v) is 18.7. The lowest BCUT2D eigenvalue weighted by Crippen LogP contribution is -2.52. The molecule has 1 aromatic heterocycles. The van der Waals surface area contributed by atoms with Gasteiger partial charge in [0, 0.05) is 30.6 Å². The van der Waals surface area contributed by atoms with Gasteiger partial charge in [-0.25, -0.2) is 4.68 Å². The van der Waals surface area contributed by atoms with Crippen molar-refractivity contribution in [1.82, 2.24) is 30.5 Å². The number of imide groups is 1. The monoisotopic (exact) mass is 460 g/mol. The number of benzene rings is 2. The largest absolute Gasteiger partial charge is 0.487 e. The molecule has 174 valence electrons. The van der Waals surface area contributed by atoms with Crippen LogP contribution in [0.5, 0.6) is 5.75 Å². The number of piperidine rings is 1. The van der Waals surface area contributed by atoms with Crippen LogP contribution in [0.3, 0.4) is 0 Å². The fourth-order valence-electron chi connectivity index (χ4n) is 4.33. The number of nitrogens with one attached hydrogen (secondary N) is 2. The van der Waals surface area contributed by atoms with Crippen molar-refractivity contribution in [3.05, 3.63) is 71.0 Å². The van der Waals surface area contributed by atoms with Crippen molar-refractivity contribution in [2.75, 3.05) is 7.05 Å². The Labute approximate surface area is 195 Å². The Morgan fingerprint density at radius 3 is 2.85 bits per heavy atom. The molecule has 1 atom stereocenters. The van der Waals surface area contributed by atoms with Crippen LogP contribution in [0.1, 0.15) is 40.0 Å². The van der Waals surface area contributed by atoms with E-state index in [4.69, 9.17) is 4.74 Å². The lowest BCUT2D eigenvalue weighted by molar-refractivity contribution is -0.136. The predicted octanol–water partition coefficient (Wildman–Crippen LogP) is 1.33. The highest BCUT2D eigenvalue weighted by molar-refractivity contribution is 6.05. The Morgan fingerprint density at radius 2 is 2.03 bits per heavy atom. The highest BCUT2D eigenvalue weighted by Crippen LogP contribution is 2.29. The molecule has 10 heteroatoms. The number of hydrogen-bond acceptors (Lipinski definition) is 7. The SMILES string of the molecule is CNCc1ccccc1OCc1cn(-c2ccc3c(c2)CN(C2CCC(=O)NC2=O)C3=O)nn1. The Hall–Kier alpha value is -4.05. The van der Waals surface area contributed by atoms with E-state index in [1.165, 1.54) is 4.90 Å². The molecule has 2 aliphatic heterocycles. The van der Waals surface area contributed by atoms with Crippen LogP contribution in [0, 0.1) is 0 Å². The first-order chi connectivity index (χ1) is 16.5. The molecule has 2 N–H and O–H groups in total. The minimum Gasteiger partial charge on any atom is -0.487 e. The maximum Gasteiger partial charge on any atom is 0.255 e. The summed E-state index contributed by atoms with van der Waals surface area (Å²) in [7, 11) is 1.89. The van der Waals surface area contributed by atoms with E-state index in [1.54, 1.807) is 23.0 Å². The molecule has 3 amide bonds. The molecule has 34 heavy (non-hydrogen) atoms. The zero-order chi connectivity index (χ0) is 23.7. The van der Waals surface area contributed by atoms with Gasteiger partial charge in [0.15, 0.2) is 0 Å². The van der Waals surface area contributed by atoms with E-state index in [2.05, 4.69) is 20.9 Å². The van der Waals surface area contributed by atoms with Gasteiger partial charge in [-0.3, -0.25) is 19.7 Å². The quantitative estimate of drug-likeness (QED) is 0.511. The third-order valence-electron chi connectivity index (χ3n) is 6.03. The molecule has 5 rings (SSSR count). The second-order valence-electron chi connectivity index (χ2n) is 8.32. The summed E-state index contributed by atoms with van der Waals surface area (Å²) in [4.78, 5) is 38.1. The number of rotatable bonds is 7. The van der Waals surface area contributed by atoms with Crippen molar-refractivity contribution in [3.63, 3.8) is 0 Å². The van der Waals surface area contributed by atoms with E-state index in [0.29, 0.717) is 30.8 Å². The van der Waals surface area contributed by atoms with Crippen molar-refractivity contribution in [1.29, 1.82) is 0 Å². The second kappa shape index (κ2) is 9.06. The molecule has 10 nitrogen and oxygen atoms in total. The Bertz CT molecular complexity index is 1270. The van der Waals surface area contributed by atoms with Gasteiger partial charge in [-0.2, -0.15) is 0 Å². The van der Waals surface area contributed by atoms with Crippen LogP contribution in [0.2, 0.25) is 0 Å². The van der Waals surface area contributed by atoms with Crippen LogP contribution < -0.4 is 15.4 Å². The van der Waals surface area contributed by atoms with E-state index in [1.807, 2.05) is 37.4 Å². The molecular formula is C24H24N6O4. The summed E-state index contributed by atoms with van der Waals surface area (Å²) in [6, 6.07) is 12.6. The maximum atomic E-state index is 12.9. The fraction of sp³-hybridized carbons (Fsp3) is 0.292. The number of carbonyl (C=O) groups excluding carboxylic acids is 3. The van der Waals surface area contributed by atoms with Crippen molar-refractivity contribution < 1.29 is 19.1 Å². The number of nitrogens with zero attached hydrogens (tertiary/aromatic N) is 4. The van der Waals surface area contributed by atoms with Gasteiger partial charge in [0.1, 0.15) is 24.1 Å². The minimum atomic E-state index is -0.637. The highest BCUT2D eigenvalue weighted by atomic mass is 16.5. The predicted molar refractivity (Wildman–Crippen MR) is 121 cm³/mol. The molecule has 1 unspecified atom stereocenters. The molecule has 0 bridgehead atoms. The van der Waals surface area contributed by atoms with Gasteiger partial charge in [0.25, 0.3) is 5.91 Å². The number of para-hydroxylation sites is 1. The molecule has 3 heterocycles.